The molecule has 0 unspecified atom stereocenters. The molecule has 116 valence electrons. The number of nitrogens with zero attached hydrogens (tertiary/aromatic N) is 1. The number of methoxy groups -OCH3 is 1. The van der Waals surface area contributed by atoms with Crippen LogP contribution in [0.3, 0.4) is 0 Å². The van der Waals surface area contributed by atoms with Gasteiger partial charge in [-0.1, -0.05) is 12.1 Å². The monoisotopic (exact) mass is 310 g/mol. The van der Waals surface area contributed by atoms with E-state index in [0.29, 0.717) is 34.3 Å². The van der Waals surface area contributed by atoms with Gasteiger partial charge in [0, 0.05) is 23.3 Å². The summed E-state index contributed by atoms with van der Waals surface area (Å²) in [5, 5.41) is 3.48. The fourth-order valence-corrected chi connectivity index (χ4v) is 2.34. The number of para-hydroxylation sites is 2. The van der Waals surface area contributed by atoms with E-state index in [1.807, 2.05) is 12.1 Å². The molecule has 0 saturated carbocycles. The van der Waals surface area contributed by atoms with Crippen molar-refractivity contribution in [2.45, 2.75) is 6.42 Å². The Morgan fingerprint density at radius 3 is 2.96 bits per heavy atom. The van der Waals surface area contributed by atoms with Gasteiger partial charge >= 0.3 is 0 Å². The Bertz CT molecular complexity index is 870. The Labute approximate surface area is 132 Å². The highest BCUT2D eigenvalue weighted by Crippen LogP contribution is 2.25. The molecule has 1 amide bonds. The Balaban J connectivity index is 1.83. The number of hydrogen-bond acceptors (Lipinski definition) is 5. The van der Waals surface area contributed by atoms with Crippen molar-refractivity contribution in [2.24, 2.45) is 0 Å². The molecule has 0 atom stereocenters. The maximum atomic E-state index is 12.3. The summed E-state index contributed by atoms with van der Waals surface area (Å²) < 4.78 is 10.6. The number of aldehydes is 1. The molecule has 0 bridgehead atoms. The van der Waals surface area contributed by atoms with Crippen molar-refractivity contribution in [3.05, 3.63) is 54.0 Å². The summed E-state index contributed by atoms with van der Waals surface area (Å²) in [6.07, 6.45) is 3.85. The van der Waals surface area contributed by atoms with E-state index in [9.17, 15) is 9.59 Å². The van der Waals surface area contributed by atoms with Crippen LogP contribution in [0.25, 0.3) is 11.0 Å². The lowest BCUT2D eigenvalue weighted by molar-refractivity contribution is -0.115. The lowest BCUT2D eigenvalue weighted by Gasteiger charge is -2.09. The maximum Gasteiger partial charge on any atom is 0.229 e. The number of furan rings is 1. The van der Waals surface area contributed by atoms with E-state index in [4.69, 9.17) is 9.15 Å². The molecule has 6 heteroatoms. The van der Waals surface area contributed by atoms with Gasteiger partial charge in [0.2, 0.25) is 5.91 Å². The smallest absolute Gasteiger partial charge is 0.229 e. The van der Waals surface area contributed by atoms with Gasteiger partial charge < -0.3 is 14.5 Å². The van der Waals surface area contributed by atoms with Crippen molar-refractivity contribution < 1.29 is 18.7 Å². The first-order valence-electron chi connectivity index (χ1n) is 6.95. The molecule has 0 fully saturated rings. The summed E-state index contributed by atoms with van der Waals surface area (Å²) >= 11 is 0. The number of aromatic nitrogens is 1. The normalized spacial score (nSPS) is 10.5. The van der Waals surface area contributed by atoms with Crippen LogP contribution in [-0.2, 0) is 11.2 Å². The van der Waals surface area contributed by atoms with Gasteiger partial charge in [-0.25, -0.2) is 0 Å². The van der Waals surface area contributed by atoms with Crippen molar-refractivity contribution >= 4 is 28.8 Å². The maximum absolute atomic E-state index is 12.3. The van der Waals surface area contributed by atoms with Crippen LogP contribution in [0.2, 0.25) is 0 Å². The highest BCUT2D eigenvalue weighted by Gasteiger charge is 2.13. The molecule has 1 N–H and O–H groups in total. The van der Waals surface area contributed by atoms with Gasteiger partial charge in [-0.2, -0.15) is 0 Å². The molecule has 3 aromatic rings. The quantitative estimate of drug-likeness (QED) is 0.733. The summed E-state index contributed by atoms with van der Waals surface area (Å²) in [5.41, 5.74) is 1.70. The third kappa shape index (κ3) is 3.06. The van der Waals surface area contributed by atoms with Gasteiger partial charge in [-0.15, -0.1) is 0 Å². The Hall–Kier alpha value is -3.15. The van der Waals surface area contributed by atoms with E-state index in [1.54, 1.807) is 37.7 Å². The standard InChI is InChI=1S/C17H14N2O4/c1-22-15-5-3-2-4-14(15)19-16(21)7-12-9-18-8-11-6-13(10-20)23-17(11)12/h2-6,8-10H,7H2,1H3,(H,19,21). The average molecular weight is 310 g/mol. The first-order valence-corrected chi connectivity index (χ1v) is 6.95. The van der Waals surface area contributed by atoms with Crippen molar-refractivity contribution in [1.29, 1.82) is 0 Å². The number of pyridine rings is 1. The van der Waals surface area contributed by atoms with Crippen LogP contribution in [0.5, 0.6) is 5.75 Å². The van der Waals surface area contributed by atoms with E-state index in [2.05, 4.69) is 10.3 Å². The molecule has 2 aromatic heterocycles. The molecule has 2 heterocycles. The Morgan fingerprint density at radius 2 is 2.17 bits per heavy atom. The summed E-state index contributed by atoms with van der Waals surface area (Å²) in [4.78, 5) is 27.2. The summed E-state index contributed by atoms with van der Waals surface area (Å²) in [5.74, 6) is 0.561. The SMILES string of the molecule is COc1ccccc1NC(=O)Cc1cncc2cc(C=O)oc12. The molecule has 0 spiro atoms. The van der Waals surface area contributed by atoms with E-state index in [-0.39, 0.29) is 18.1 Å². The van der Waals surface area contributed by atoms with Crippen molar-refractivity contribution in [2.75, 3.05) is 12.4 Å². The first-order chi connectivity index (χ1) is 11.2. The zero-order valence-electron chi connectivity index (χ0n) is 12.4. The number of nitrogens with one attached hydrogen (secondary N) is 1. The molecular formula is C17H14N2O4. The Kier molecular flexibility index (Phi) is 4.05. The van der Waals surface area contributed by atoms with Crippen LogP contribution >= 0.6 is 0 Å². The van der Waals surface area contributed by atoms with Gasteiger partial charge in [0.25, 0.3) is 0 Å². The summed E-state index contributed by atoms with van der Waals surface area (Å²) in [7, 11) is 1.54. The predicted octanol–water partition coefficient (Wildman–Crippen LogP) is 2.83. The van der Waals surface area contributed by atoms with Gasteiger partial charge in [0.05, 0.1) is 19.2 Å². The van der Waals surface area contributed by atoms with Crippen LogP contribution < -0.4 is 10.1 Å². The van der Waals surface area contributed by atoms with Gasteiger partial charge in [0.1, 0.15) is 11.3 Å². The molecule has 0 saturated heterocycles. The van der Waals surface area contributed by atoms with E-state index < -0.39 is 0 Å². The summed E-state index contributed by atoms with van der Waals surface area (Å²) in [6.45, 7) is 0. The minimum absolute atomic E-state index is 0.0776. The topological polar surface area (TPSA) is 81.4 Å². The Morgan fingerprint density at radius 1 is 1.35 bits per heavy atom. The number of anilines is 1. The molecule has 1 aromatic carbocycles. The number of ether oxygens (including phenoxy) is 1. The predicted molar refractivity (Wildman–Crippen MR) is 84.7 cm³/mol. The van der Waals surface area contributed by atoms with Crippen molar-refractivity contribution in [3.8, 4) is 5.75 Å². The number of carbonyl (C=O) groups excluding carboxylic acids is 2. The highest BCUT2D eigenvalue weighted by atomic mass is 16.5. The number of benzene rings is 1. The second-order valence-electron chi connectivity index (χ2n) is 4.91. The minimum atomic E-state index is -0.229. The molecule has 0 radical (unpaired) electrons. The molecule has 3 rings (SSSR count). The van der Waals surface area contributed by atoms with E-state index in [1.165, 1.54) is 0 Å². The minimum Gasteiger partial charge on any atom is -0.495 e. The van der Waals surface area contributed by atoms with Crippen LogP contribution in [0, 0.1) is 0 Å². The largest absolute Gasteiger partial charge is 0.495 e. The van der Waals surface area contributed by atoms with Gasteiger partial charge in [0.15, 0.2) is 12.0 Å². The molecule has 23 heavy (non-hydrogen) atoms. The molecule has 0 aliphatic rings. The average Bonchev–Trinajstić information content (AvgIpc) is 2.99. The number of amides is 1. The molecule has 6 nitrogen and oxygen atoms in total. The van der Waals surface area contributed by atoms with Crippen molar-refractivity contribution in [1.82, 2.24) is 4.98 Å². The summed E-state index contributed by atoms with van der Waals surface area (Å²) in [6, 6.07) is 8.75. The number of carbonyl (C=O) groups is 2. The fourth-order valence-electron chi connectivity index (χ4n) is 2.34. The third-order valence-electron chi connectivity index (χ3n) is 3.36. The fraction of sp³-hybridized carbons (Fsp3) is 0.118. The zero-order valence-corrected chi connectivity index (χ0v) is 12.4. The van der Waals surface area contributed by atoms with E-state index in [0.717, 1.165) is 0 Å². The van der Waals surface area contributed by atoms with Crippen LogP contribution in [-0.4, -0.2) is 24.3 Å². The highest BCUT2D eigenvalue weighted by molar-refractivity contribution is 5.96. The molecule has 0 aliphatic heterocycles. The van der Waals surface area contributed by atoms with Crippen molar-refractivity contribution in [3.63, 3.8) is 0 Å². The first kappa shape index (κ1) is 14.8. The zero-order chi connectivity index (χ0) is 16.2. The van der Waals surface area contributed by atoms with Crippen LogP contribution in [0.15, 0.2) is 47.1 Å². The third-order valence-corrected chi connectivity index (χ3v) is 3.36. The lowest BCUT2D eigenvalue weighted by Crippen LogP contribution is -2.15. The number of fused-ring (bicyclic) bond motifs is 1. The second-order valence-corrected chi connectivity index (χ2v) is 4.91. The lowest BCUT2D eigenvalue weighted by atomic mass is 10.1. The second kappa shape index (κ2) is 6.31. The molecular weight excluding hydrogens is 296 g/mol. The van der Waals surface area contributed by atoms with E-state index >= 15 is 0 Å². The number of rotatable bonds is 5. The molecule has 0 aliphatic carbocycles. The number of hydrogen-bond donors (Lipinski definition) is 1. The van der Waals surface area contributed by atoms with Gasteiger partial charge in [-0.05, 0) is 18.2 Å². The van der Waals surface area contributed by atoms with Crippen LogP contribution in [0.4, 0.5) is 5.69 Å². The van der Waals surface area contributed by atoms with Gasteiger partial charge in [-0.3, -0.25) is 14.6 Å². The van der Waals surface area contributed by atoms with Crippen LogP contribution in [0.1, 0.15) is 16.1 Å².